The zero-order valence-corrected chi connectivity index (χ0v) is 12.9. The first kappa shape index (κ1) is 14.9. The van der Waals surface area contributed by atoms with E-state index in [0.29, 0.717) is 22.2 Å². The molecule has 0 radical (unpaired) electrons. The summed E-state index contributed by atoms with van der Waals surface area (Å²) in [6.45, 7) is 4.79. The molecule has 2 N–H and O–H groups in total. The molecule has 2 rings (SSSR count). The predicted molar refractivity (Wildman–Crippen MR) is 80.4 cm³/mol. The van der Waals surface area contributed by atoms with E-state index in [1.807, 2.05) is 6.92 Å². The van der Waals surface area contributed by atoms with Gasteiger partial charge in [0, 0.05) is 18.7 Å². The molecule has 1 aromatic heterocycles. The van der Waals surface area contributed by atoms with Crippen molar-refractivity contribution < 1.29 is 8.42 Å². The number of rotatable bonds is 6. The normalized spacial score (nSPS) is 11.5. The Kier molecular flexibility index (Phi) is 4.69. The second kappa shape index (κ2) is 6.29. The van der Waals surface area contributed by atoms with E-state index < -0.39 is 10.0 Å². The summed E-state index contributed by atoms with van der Waals surface area (Å²) in [5.41, 5.74) is 0.565. The van der Waals surface area contributed by atoms with Gasteiger partial charge in [0.05, 0.1) is 4.90 Å². The second-order valence-electron chi connectivity index (χ2n) is 3.94. The molecule has 20 heavy (non-hydrogen) atoms. The first-order valence-corrected chi connectivity index (χ1v) is 8.55. The minimum atomic E-state index is -3.52. The quantitative estimate of drug-likeness (QED) is 0.851. The summed E-state index contributed by atoms with van der Waals surface area (Å²) in [7, 11) is -3.52. The maximum atomic E-state index is 12.2. The highest BCUT2D eigenvalue weighted by Crippen LogP contribution is 2.31. The molecular formula is C12H16N4O2S2. The van der Waals surface area contributed by atoms with Gasteiger partial charge in [-0.25, -0.2) is 13.1 Å². The lowest BCUT2D eigenvalue weighted by molar-refractivity contribution is 0.584. The van der Waals surface area contributed by atoms with E-state index in [0.717, 1.165) is 6.54 Å². The average molecular weight is 312 g/mol. The van der Waals surface area contributed by atoms with Gasteiger partial charge in [-0.2, -0.15) is 0 Å². The van der Waals surface area contributed by atoms with Crippen molar-refractivity contribution in [3.63, 3.8) is 0 Å². The fourth-order valence-corrected chi connectivity index (χ4v) is 3.86. The number of hydrogen-bond donors (Lipinski definition) is 2. The molecule has 0 saturated carbocycles. The minimum absolute atomic E-state index is 0.223. The molecule has 0 spiro atoms. The van der Waals surface area contributed by atoms with Crippen LogP contribution in [0.2, 0.25) is 0 Å². The highest BCUT2D eigenvalue weighted by Gasteiger charge is 2.20. The van der Waals surface area contributed by atoms with Gasteiger partial charge in [-0.05, 0) is 13.0 Å². The Hall–Kier alpha value is -1.51. The fourth-order valence-electron chi connectivity index (χ4n) is 1.70. The van der Waals surface area contributed by atoms with Crippen molar-refractivity contribution in [1.29, 1.82) is 0 Å². The molecule has 0 aliphatic carbocycles. The summed E-state index contributed by atoms with van der Waals surface area (Å²) < 4.78 is 26.9. The number of nitrogens with zero attached hydrogens (tertiary/aromatic N) is 2. The topological polar surface area (TPSA) is 84.0 Å². The Morgan fingerprint density at radius 3 is 2.60 bits per heavy atom. The van der Waals surface area contributed by atoms with E-state index in [1.165, 1.54) is 11.3 Å². The Labute approximate surface area is 122 Å². The summed E-state index contributed by atoms with van der Waals surface area (Å²) in [5, 5.41) is 12.4. The molecule has 0 fully saturated rings. The summed E-state index contributed by atoms with van der Waals surface area (Å²) >= 11 is 1.33. The Morgan fingerprint density at radius 2 is 1.90 bits per heavy atom. The summed E-state index contributed by atoms with van der Waals surface area (Å²) in [6.07, 6.45) is 0. The third-order valence-corrected chi connectivity index (χ3v) is 5.01. The number of anilines is 1. The molecule has 1 aromatic carbocycles. The number of hydrogen-bond acceptors (Lipinski definition) is 6. The zero-order chi connectivity index (χ0) is 14.6. The maximum Gasteiger partial charge on any atom is 0.241 e. The Bertz CT molecular complexity index is 682. The van der Waals surface area contributed by atoms with Crippen LogP contribution in [0.3, 0.4) is 0 Å². The van der Waals surface area contributed by atoms with Crippen LogP contribution in [0.25, 0.3) is 10.6 Å². The second-order valence-corrected chi connectivity index (χ2v) is 6.65. The maximum absolute atomic E-state index is 12.2. The summed E-state index contributed by atoms with van der Waals surface area (Å²) in [5.74, 6) is 0. The molecule has 0 saturated heterocycles. The Balaban J connectivity index is 2.46. The fraction of sp³-hybridized carbons (Fsp3) is 0.333. The lowest BCUT2D eigenvalue weighted by Crippen LogP contribution is -2.23. The van der Waals surface area contributed by atoms with Crippen LogP contribution in [0.15, 0.2) is 29.2 Å². The average Bonchev–Trinajstić information content (AvgIpc) is 2.88. The van der Waals surface area contributed by atoms with Gasteiger partial charge in [0.1, 0.15) is 0 Å². The molecule has 0 unspecified atom stereocenters. The van der Waals surface area contributed by atoms with E-state index in [2.05, 4.69) is 20.2 Å². The van der Waals surface area contributed by atoms with Crippen LogP contribution in [0.1, 0.15) is 13.8 Å². The van der Waals surface area contributed by atoms with Crippen molar-refractivity contribution in [2.75, 3.05) is 18.4 Å². The highest BCUT2D eigenvalue weighted by molar-refractivity contribution is 7.89. The molecule has 1 heterocycles. The summed E-state index contributed by atoms with van der Waals surface area (Å²) in [4.78, 5) is 0.223. The van der Waals surface area contributed by atoms with Crippen LogP contribution in [0.4, 0.5) is 5.13 Å². The molecule has 2 aromatic rings. The van der Waals surface area contributed by atoms with E-state index >= 15 is 0 Å². The SMILES string of the molecule is CCNc1nnc(-c2ccccc2S(=O)(=O)NCC)s1. The first-order valence-electron chi connectivity index (χ1n) is 6.25. The molecule has 8 heteroatoms. The first-order chi connectivity index (χ1) is 9.58. The molecule has 6 nitrogen and oxygen atoms in total. The number of nitrogens with one attached hydrogen (secondary N) is 2. The largest absolute Gasteiger partial charge is 0.360 e. The standard InChI is InChI=1S/C12H16N4O2S2/c1-3-13-12-16-15-11(19-12)9-7-5-6-8-10(9)20(17,18)14-4-2/h5-8,14H,3-4H2,1-2H3,(H,13,16). The third kappa shape index (κ3) is 3.14. The van der Waals surface area contributed by atoms with Gasteiger partial charge < -0.3 is 5.32 Å². The molecule has 0 atom stereocenters. The van der Waals surface area contributed by atoms with Crippen molar-refractivity contribution in [2.24, 2.45) is 0 Å². The van der Waals surface area contributed by atoms with Gasteiger partial charge in [-0.1, -0.05) is 36.5 Å². The molecule has 0 amide bonds. The monoisotopic (exact) mass is 312 g/mol. The van der Waals surface area contributed by atoms with Gasteiger partial charge in [-0.15, -0.1) is 10.2 Å². The van der Waals surface area contributed by atoms with Crippen LogP contribution in [0.5, 0.6) is 0 Å². The van der Waals surface area contributed by atoms with Gasteiger partial charge >= 0.3 is 0 Å². The lowest BCUT2D eigenvalue weighted by Gasteiger charge is -2.08. The van der Waals surface area contributed by atoms with Crippen LogP contribution in [0, 0.1) is 0 Å². The number of aromatic nitrogens is 2. The van der Waals surface area contributed by atoms with Crippen molar-refractivity contribution in [3.8, 4) is 10.6 Å². The van der Waals surface area contributed by atoms with Crippen LogP contribution in [-0.4, -0.2) is 31.7 Å². The van der Waals surface area contributed by atoms with Gasteiger partial charge in [0.2, 0.25) is 15.2 Å². The molecule has 0 aliphatic rings. The van der Waals surface area contributed by atoms with E-state index in [-0.39, 0.29) is 4.90 Å². The summed E-state index contributed by atoms with van der Waals surface area (Å²) in [6, 6.07) is 6.79. The molecular weight excluding hydrogens is 296 g/mol. The molecule has 108 valence electrons. The lowest BCUT2D eigenvalue weighted by atomic mass is 10.2. The molecule has 0 aliphatic heterocycles. The van der Waals surface area contributed by atoms with Crippen molar-refractivity contribution in [1.82, 2.24) is 14.9 Å². The van der Waals surface area contributed by atoms with Crippen LogP contribution in [-0.2, 0) is 10.0 Å². The molecule has 0 bridgehead atoms. The van der Waals surface area contributed by atoms with E-state index in [4.69, 9.17) is 0 Å². The van der Waals surface area contributed by atoms with Crippen molar-refractivity contribution >= 4 is 26.5 Å². The predicted octanol–water partition coefficient (Wildman–Crippen LogP) is 1.94. The Morgan fingerprint density at radius 1 is 1.15 bits per heavy atom. The van der Waals surface area contributed by atoms with Crippen molar-refractivity contribution in [2.45, 2.75) is 18.7 Å². The van der Waals surface area contributed by atoms with Crippen LogP contribution < -0.4 is 10.0 Å². The highest BCUT2D eigenvalue weighted by atomic mass is 32.2. The van der Waals surface area contributed by atoms with E-state index in [9.17, 15) is 8.42 Å². The van der Waals surface area contributed by atoms with E-state index in [1.54, 1.807) is 31.2 Å². The van der Waals surface area contributed by atoms with Crippen molar-refractivity contribution in [3.05, 3.63) is 24.3 Å². The minimum Gasteiger partial charge on any atom is -0.360 e. The number of benzene rings is 1. The van der Waals surface area contributed by atoms with Gasteiger partial charge in [0.15, 0.2) is 5.01 Å². The zero-order valence-electron chi connectivity index (χ0n) is 11.3. The van der Waals surface area contributed by atoms with Crippen LogP contribution >= 0.6 is 11.3 Å². The van der Waals surface area contributed by atoms with Gasteiger partial charge in [-0.3, -0.25) is 0 Å². The third-order valence-electron chi connectivity index (χ3n) is 2.49. The smallest absolute Gasteiger partial charge is 0.241 e. The van der Waals surface area contributed by atoms with Gasteiger partial charge in [0.25, 0.3) is 0 Å². The number of sulfonamides is 1.